The predicted molar refractivity (Wildman–Crippen MR) is 75.3 cm³/mol. The van der Waals surface area contributed by atoms with Crippen LogP contribution in [0.5, 0.6) is 0 Å². The zero-order valence-electron chi connectivity index (χ0n) is 12.0. The third-order valence-corrected chi connectivity index (χ3v) is 3.24. The lowest BCUT2D eigenvalue weighted by Gasteiger charge is -2.21. The summed E-state index contributed by atoms with van der Waals surface area (Å²) in [5.41, 5.74) is 0.836. The molecule has 0 aliphatic heterocycles. The molecule has 0 saturated heterocycles. The average Bonchev–Trinajstić information content (AvgIpc) is 2.38. The molecular formula is C15H23FN2O. The van der Waals surface area contributed by atoms with Crippen LogP contribution in [0.25, 0.3) is 0 Å². The molecule has 0 radical (unpaired) electrons. The normalized spacial score (nSPS) is 15.6. The molecule has 0 spiro atoms. The Bertz CT molecular complexity index is 422. The van der Waals surface area contributed by atoms with Crippen LogP contribution in [0.2, 0.25) is 0 Å². The molecule has 0 aliphatic rings. The molecular weight excluding hydrogens is 243 g/mol. The number of carbonyl (C=O) groups is 1. The molecule has 0 heterocycles. The van der Waals surface area contributed by atoms with Gasteiger partial charge in [0.2, 0.25) is 5.91 Å². The minimum atomic E-state index is -0.313. The number of hydrogen-bond acceptors (Lipinski definition) is 2. The third-order valence-electron chi connectivity index (χ3n) is 3.24. The van der Waals surface area contributed by atoms with Crippen molar-refractivity contribution in [2.45, 2.75) is 52.2 Å². The summed E-state index contributed by atoms with van der Waals surface area (Å²) in [7, 11) is 0. The van der Waals surface area contributed by atoms with E-state index in [9.17, 15) is 9.18 Å². The summed E-state index contributed by atoms with van der Waals surface area (Å²) in [6.07, 6.45) is 0.901. The topological polar surface area (TPSA) is 41.1 Å². The summed E-state index contributed by atoms with van der Waals surface area (Å²) < 4.78 is 13.1. The standard InChI is InChI=1S/C15H23FN2O/c1-5-10(2)17-15(19)12(4)18-11(3)13-7-6-8-14(16)9-13/h6-12,18H,5H2,1-4H3,(H,17,19). The van der Waals surface area contributed by atoms with Crippen LogP contribution in [0.15, 0.2) is 24.3 Å². The second-order valence-electron chi connectivity index (χ2n) is 4.98. The average molecular weight is 266 g/mol. The van der Waals surface area contributed by atoms with Crippen LogP contribution in [0.3, 0.4) is 0 Å². The lowest BCUT2D eigenvalue weighted by molar-refractivity contribution is -0.123. The minimum Gasteiger partial charge on any atom is -0.352 e. The van der Waals surface area contributed by atoms with Gasteiger partial charge in [-0.2, -0.15) is 0 Å². The van der Waals surface area contributed by atoms with E-state index >= 15 is 0 Å². The molecule has 3 unspecified atom stereocenters. The molecule has 3 nitrogen and oxygen atoms in total. The van der Waals surface area contributed by atoms with Crippen molar-refractivity contribution in [2.24, 2.45) is 0 Å². The minimum absolute atomic E-state index is 0.0300. The monoisotopic (exact) mass is 266 g/mol. The Morgan fingerprint density at radius 2 is 2.00 bits per heavy atom. The van der Waals surface area contributed by atoms with Crippen LogP contribution in [0.1, 0.15) is 45.7 Å². The molecule has 0 fully saturated rings. The predicted octanol–water partition coefficient (Wildman–Crippen LogP) is 2.78. The van der Waals surface area contributed by atoms with E-state index in [1.54, 1.807) is 6.07 Å². The molecule has 3 atom stereocenters. The Labute approximate surface area is 114 Å². The SMILES string of the molecule is CCC(C)NC(=O)C(C)NC(C)c1cccc(F)c1. The van der Waals surface area contributed by atoms with E-state index in [0.717, 1.165) is 12.0 Å². The number of halogens is 1. The van der Waals surface area contributed by atoms with Gasteiger partial charge < -0.3 is 5.32 Å². The fourth-order valence-corrected chi connectivity index (χ4v) is 1.79. The van der Waals surface area contributed by atoms with Crippen molar-refractivity contribution in [1.29, 1.82) is 0 Å². The van der Waals surface area contributed by atoms with Gasteiger partial charge in [-0.05, 0) is 44.9 Å². The summed E-state index contributed by atoms with van der Waals surface area (Å²) in [4.78, 5) is 11.9. The Morgan fingerprint density at radius 3 is 2.58 bits per heavy atom. The van der Waals surface area contributed by atoms with Crippen LogP contribution in [0, 0.1) is 5.82 Å². The number of carbonyl (C=O) groups excluding carboxylic acids is 1. The van der Waals surface area contributed by atoms with Crippen molar-refractivity contribution in [3.63, 3.8) is 0 Å². The molecule has 0 aromatic heterocycles. The number of hydrogen-bond donors (Lipinski definition) is 2. The maximum Gasteiger partial charge on any atom is 0.237 e. The van der Waals surface area contributed by atoms with Gasteiger partial charge in [0, 0.05) is 12.1 Å². The largest absolute Gasteiger partial charge is 0.352 e. The highest BCUT2D eigenvalue weighted by Crippen LogP contribution is 2.14. The first kappa shape index (κ1) is 15.6. The molecule has 1 amide bonds. The Kier molecular flexibility index (Phi) is 5.96. The van der Waals surface area contributed by atoms with Gasteiger partial charge in [0.15, 0.2) is 0 Å². The summed E-state index contributed by atoms with van der Waals surface area (Å²) in [5.74, 6) is -0.291. The van der Waals surface area contributed by atoms with Gasteiger partial charge in [0.25, 0.3) is 0 Å². The highest BCUT2D eigenvalue weighted by molar-refractivity contribution is 5.81. The van der Waals surface area contributed by atoms with Gasteiger partial charge in [-0.1, -0.05) is 19.1 Å². The molecule has 4 heteroatoms. The quantitative estimate of drug-likeness (QED) is 0.831. The van der Waals surface area contributed by atoms with Crippen LogP contribution >= 0.6 is 0 Å². The van der Waals surface area contributed by atoms with Gasteiger partial charge in [-0.25, -0.2) is 4.39 Å². The van der Waals surface area contributed by atoms with E-state index in [1.165, 1.54) is 12.1 Å². The maximum absolute atomic E-state index is 13.1. The molecule has 106 valence electrons. The summed E-state index contributed by atoms with van der Waals surface area (Å²) >= 11 is 0. The third kappa shape index (κ3) is 4.99. The van der Waals surface area contributed by atoms with Gasteiger partial charge in [-0.15, -0.1) is 0 Å². The smallest absolute Gasteiger partial charge is 0.237 e. The number of benzene rings is 1. The van der Waals surface area contributed by atoms with Gasteiger partial charge >= 0.3 is 0 Å². The number of amides is 1. The van der Waals surface area contributed by atoms with E-state index in [0.29, 0.717) is 0 Å². The van der Waals surface area contributed by atoms with Crippen LogP contribution in [-0.4, -0.2) is 18.0 Å². The van der Waals surface area contributed by atoms with Crippen molar-refractivity contribution in [2.75, 3.05) is 0 Å². The Hall–Kier alpha value is -1.42. The fourth-order valence-electron chi connectivity index (χ4n) is 1.79. The highest BCUT2D eigenvalue weighted by Gasteiger charge is 2.17. The number of nitrogens with one attached hydrogen (secondary N) is 2. The molecule has 0 bridgehead atoms. The highest BCUT2D eigenvalue weighted by atomic mass is 19.1. The Morgan fingerprint density at radius 1 is 1.32 bits per heavy atom. The molecule has 1 aromatic rings. The zero-order chi connectivity index (χ0) is 14.4. The first-order chi connectivity index (χ1) is 8.93. The first-order valence-corrected chi connectivity index (χ1v) is 6.76. The van der Waals surface area contributed by atoms with Crippen LogP contribution < -0.4 is 10.6 Å². The van der Waals surface area contributed by atoms with E-state index in [2.05, 4.69) is 10.6 Å². The van der Waals surface area contributed by atoms with Gasteiger partial charge in [0.05, 0.1) is 6.04 Å². The molecule has 19 heavy (non-hydrogen) atoms. The zero-order valence-corrected chi connectivity index (χ0v) is 12.0. The molecule has 1 rings (SSSR count). The van der Waals surface area contributed by atoms with E-state index in [1.807, 2.05) is 33.8 Å². The fraction of sp³-hybridized carbons (Fsp3) is 0.533. The van der Waals surface area contributed by atoms with E-state index < -0.39 is 0 Å². The van der Waals surface area contributed by atoms with Gasteiger partial charge in [-0.3, -0.25) is 10.1 Å². The first-order valence-electron chi connectivity index (χ1n) is 6.76. The van der Waals surface area contributed by atoms with Crippen molar-refractivity contribution in [3.05, 3.63) is 35.6 Å². The van der Waals surface area contributed by atoms with Gasteiger partial charge in [0.1, 0.15) is 5.82 Å². The van der Waals surface area contributed by atoms with Crippen molar-refractivity contribution in [3.8, 4) is 0 Å². The lowest BCUT2D eigenvalue weighted by atomic mass is 10.1. The molecule has 1 aromatic carbocycles. The summed E-state index contributed by atoms with van der Waals surface area (Å²) in [6.45, 7) is 7.73. The van der Waals surface area contributed by atoms with Crippen molar-refractivity contribution < 1.29 is 9.18 Å². The summed E-state index contributed by atoms with van der Waals surface area (Å²) in [5, 5.41) is 6.10. The van der Waals surface area contributed by atoms with Crippen molar-refractivity contribution in [1.82, 2.24) is 10.6 Å². The molecule has 2 N–H and O–H groups in total. The summed E-state index contributed by atoms with van der Waals surface area (Å²) in [6, 6.07) is 6.20. The second kappa shape index (κ2) is 7.24. The second-order valence-corrected chi connectivity index (χ2v) is 4.98. The van der Waals surface area contributed by atoms with E-state index in [4.69, 9.17) is 0 Å². The Balaban J connectivity index is 2.56. The maximum atomic E-state index is 13.1. The molecule has 0 aliphatic carbocycles. The number of rotatable bonds is 6. The van der Waals surface area contributed by atoms with Crippen molar-refractivity contribution >= 4 is 5.91 Å². The lowest BCUT2D eigenvalue weighted by Crippen LogP contribution is -2.46. The van der Waals surface area contributed by atoms with Crippen LogP contribution in [0.4, 0.5) is 4.39 Å². The van der Waals surface area contributed by atoms with Crippen LogP contribution in [-0.2, 0) is 4.79 Å². The molecule has 0 saturated carbocycles. The van der Waals surface area contributed by atoms with E-state index in [-0.39, 0.29) is 29.8 Å².